The molecule has 1 aliphatic heterocycles. The summed E-state index contributed by atoms with van der Waals surface area (Å²) < 4.78 is 4.93. The van der Waals surface area contributed by atoms with Gasteiger partial charge in [0.15, 0.2) is 0 Å². The summed E-state index contributed by atoms with van der Waals surface area (Å²) in [5.41, 5.74) is 3.39. The number of ether oxygens (including phenoxy) is 1. The van der Waals surface area contributed by atoms with E-state index in [1.807, 2.05) is 18.2 Å². The van der Waals surface area contributed by atoms with Crippen molar-refractivity contribution < 1.29 is 14.3 Å². The largest absolute Gasteiger partial charge is 0.465 e. The van der Waals surface area contributed by atoms with Gasteiger partial charge in [-0.1, -0.05) is 41.4 Å². The highest BCUT2D eigenvalue weighted by atomic mass is 35.5. The number of amides is 1. The molecule has 2 aliphatic rings. The lowest BCUT2D eigenvalue weighted by molar-refractivity contribution is -0.136. The molecule has 0 saturated carbocycles. The standard InChI is InChI=1S/C22H24ClNO3/c1-15-20(22(26)27-2)18(14-17-10-6-7-11-19(17)23)21(25)24(15)13-12-16-8-4-3-5-9-16/h6-8,10-11,14H,3-5,9,12-13H2,1-2H3. The van der Waals surface area contributed by atoms with Gasteiger partial charge in [0.25, 0.3) is 5.91 Å². The van der Waals surface area contributed by atoms with Gasteiger partial charge in [-0.3, -0.25) is 4.79 Å². The Hall–Kier alpha value is -2.33. The monoisotopic (exact) mass is 385 g/mol. The molecule has 4 nitrogen and oxygen atoms in total. The van der Waals surface area contributed by atoms with Gasteiger partial charge in [-0.25, -0.2) is 4.79 Å². The topological polar surface area (TPSA) is 46.6 Å². The minimum absolute atomic E-state index is 0.177. The quantitative estimate of drug-likeness (QED) is 0.411. The van der Waals surface area contributed by atoms with Crippen LogP contribution in [0.5, 0.6) is 0 Å². The van der Waals surface area contributed by atoms with Crippen LogP contribution in [0.25, 0.3) is 6.08 Å². The predicted molar refractivity (Wildman–Crippen MR) is 107 cm³/mol. The zero-order valence-electron chi connectivity index (χ0n) is 15.8. The second-order valence-electron chi connectivity index (χ2n) is 6.85. The number of rotatable bonds is 5. The van der Waals surface area contributed by atoms with Crippen molar-refractivity contribution >= 4 is 29.6 Å². The summed E-state index contributed by atoms with van der Waals surface area (Å²) in [6.07, 6.45) is 9.45. The van der Waals surface area contributed by atoms with Crippen molar-refractivity contribution in [3.8, 4) is 0 Å². The van der Waals surface area contributed by atoms with Crippen molar-refractivity contribution in [2.75, 3.05) is 13.7 Å². The maximum absolute atomic E-state index is 13.1. The van der Waals surface area contributed by atoms with Crippen LogP contribution in [0.4, 0.5) is 0 Å². The number of hydrogen-bond acceptors (Lipinski definition) is 3. The number of hydrogen-bond donors (Lipinski definition) is 0. The van der Waals surface area contributed by atoms with E-state index in [4.69, 9.17) is 16.3 Å². The fraction of sp³-hybridized carbons (Fsp3) is 0.364. The molecule has 0 fully saturated rings. The SMILES string of the molecule is COC(=O)C1=C(C)N(CCC2=CCCCC2)C(=O)C1=Cc1ccccc1Cl. The van der Waals surface area contributed by atoms with Gasteiger partial charge in [-0.2, -0.15) is 0 Å². The lowest BCUT2D eigenvalue weighted by Crippen LogP contribution is -2.26. The van der Waals surface area contributed by atoms with Gasteiger partial charge < -0.3 is 9.64 Å². The van der Waals surface area contributed by atoms with Crippen LogP contribution < -0.4 is 0 Å². The van der Waals surface area contributed by atoms with Gasteiger partial charge in [0, 0.05) is 17.3 Å². The first kappa shape index (κ1) is 19.4. The van der Waals surface area contributed by atoms with Gasteiger partial charge in [0.05, 0.1) is 18.3 Å². The van der Waals surface area contributed by atoms with E-state index < -0.39 is 5.97 Å². The van der Waals surface area contributed by atoms with E-state index in [2.05, 4.69) is 6.08 Å². The zero-order valence-corrected chi connectivity index (χ0v) is 16.5. The van der Waals surface area contributed by atoms with E-state index in [0.717, 1.165) is 19.3 Å². The molecule has 1 amide bonds. The number of carbonyl (C=O) groups excluding carboxylic acids is 2. The number of benzene rings is 1. The fourth-order valence-corrected chi connectivity index (χ4v) is 3.82. The number of nitrogens with zero attached hydrogens (tertiary/aromatic N) is 1. The molecule has 1 aliphatic carbocycles. The molecule has 142 valence electrons. The van der Waals surface area contributed by atoms with Gasteiger partial charge in [-0.05, 0) is 56.7 Å². The van der Waals surface area contributed by atoms with Crippen molar-refractivity contribution in [2.24, 2.45) is 0 Å². The molecule has 0 radical (unpaired) electrons. The van der Waals surface area contributed by atoms with Crippen molar-refractivity contribution in [2.45, 2.75) is 39.0 Å². The van der Waals surface area contributed by atoms with E-state index in [1.165, 1.54) is 25.5 Å². The molecular weight excluding hydrogens is 362 g/mol. The average Bonchev–Trinajstić information content (AvgIpc) is 2.92. The van der Waals surface area contributed by atoms with E-state index >= 15 is 0 Å². The molecule has 1 aromatic rings. The summed E-state index contributed by atoms with van der Waals surface area (Å²) >= 11 is 6.24. The number of halogens is 1. The number of allylic oxidation sites excluding steroid dienone is 2. The van der Waals surface area contributed by atoms with Crippen LogP contribution in [0.3, 0.4) is 0 Å². The maximum Gasteiger partial charge on any atom is 0.340 e. The molecule has 0 saturated heterocycles. The van der Waals surface area contributed by atoms with Gasteiger partial charge >= 0.3 is 5.97 Å². The van der Waals surface area contributed by atoms with E-state index in [1.54, 1.807) is 24.0 Å². The number of carbonyl (C=O) groups is 2. The third kappa shape index (κ3) is 4.16. The van der Waals surface area contributed by atoms with Gasteiger partial charge in [-0.15, -0.1) is 0 Å². The van der Waals surface area contributed by atoms with Crippen molar-refractivity contribution in [1.82, 2.24) is 4.90 Å². The molecule has 5 heteroatoms. The van der Waals surface area contributed by atoms with Gasteiger partial charge in [0.1, 0.15) is 0 Å². The van der Waals surface area contributed by atoms with Crippen LogP contribution in [-0.2, 0) is 14.3 Å². The van der Waals surface area contributed by atoms with E-state index in [0.29, 0.717) is 34.0 Å². The molecule has 3 rings (SSSR count). The Morgan fingerprint density at radius 3 is 2.74 bits per heavy atom. The van der Waals surface area contributed by atoms with Gasteiger partial charge in [0.2, 0.25) is 0 Å². The summed E-state index contributed by atoms with van der Waals surface area (Å²) in [6.45, 7) is 2.36. The minimum atomic E-state index is -0.501. The lowest BCUT2D eigenvalue weighted by atomic mass is 9.97. The molecule has 0 unspecified atom stereocenters. The Kier molecular flexibility index (Phi) is 6.17. The van der Waals surface area contributed by atoms with Crippen LogP contribution in [0.15, 0.2) is 52.8 Å². The second-order valence-corrected chi connectivity index (χ2v) is 7.25. The molecule has 0 N–H and O–H groups in total. The Balaban J connectivity index is 1.91. The molecule has 1 aromatic carbocycles. The molecule has 0 spiro atoms. The normalized spacial score (nSPS) is 18.9. The first-order valence-corrected chi connectivity index (χ1v) is 9.66. The Bertz CT molecular complexity index is 851. The first-order chi connectivity index (χ1) is 13.0. The highest BCUT2D eigenvalue weighted by molar-refractivity contribution is 6.32. The third-order valence-electron chi connectivity index (χ3n) is 5.15. The van der Waals surface area contributed by atoms with Crippen molar-refractivity contribution in [1.29, 1.82) is 0 Å². The molecule has 1 heterocycles. The second kappa shape index (κ2) is 8.57. The number of methoxy groups -OCH3 is 1. The summed E-state index contributed by atoms with van der Waals surface area (Å²) in [5.74, 6) is -0.678. The third-order valence-corrected chi connectivity index (χ3v) is 5.49. The van der Waals surface area contributed by atoms with Crippen LogP contribution in [0.1, 0.15) is 44.6 Å². The molecule has 0 bridgehead atoms. The fourth-order valence-electron chi connectivity index (χ4n) is 3.63. The highest BCUT2D eigenvalue weighted by Crippen LogP contribution is 2.33. The predicted octanol–water partition coefficient (Wildman–Crippen LogP) is 4.90. The Morgan fingerprint density at radius 2 is 2.07 bits per heavy atom. The maximum atomic E-state index is 13.1. The molecule has 27 heavy (non-hydrogen) atoms. The summed E-state index contributed by atoms with van der Waals surface area (Å²) in [6, 6.07) is 7.25. The van der Waals surface area contributed by atoms with Crippen LogP contribution >= 0.6 is 11.6 Å². The average molecular weight is 386 g/mol. The number of esters is 1. The minimum Gasteiger partial charge on any atom is -0.465 e. The van der Waals surface area contributed by atoms with Crippen LogP contribution in [-0.4, -0.2) is 30.4 Å². The summed E-state index contributed by atoms with van der Waals surface area (Å²) in [7, 11) is 1.33. The van der Waals surface area contributed by atoms with Crippen molar-refractivity contribution in [3.63, 3.8) is 0 Å². The summed E-state index contributed by atoms with van der Waals surface area (Å²) in [5, 5.41) is 0.533. The van der Waals surface area contributed by atoms with E-state index in [-0.39, 0.29) is 5.91 Å². The summed E-state index contributed by atoms with van der Waals surface area (Å²) in [4.78, 5) is 27.1. The molecular formula is C22H24ClNO3. The molecule has 0 atom stereocenters. The Morgan fingerprint density at radius 1 is 1.30 bits per heavy atom. The molecule has 0 aromatic heterocycles. The van der Waals surface area contributed by atoms with Crippen molar-refractivity contribution in [3.05, 3.63) is 63.3 Å². The highest BCUT2D eigenvalue weighted by Gasteiger charge is 2.36. The van der Waals surface area contributed by atoms with Crippen LogP contribution in [0, 0.1) is 0 Å². The smallest absolute Gasteiger partial charge is 0.340 e. The Labute approximate surface area is 165 Å². The lowest BCUT2D eigenvalue weighted by Gasteiger charge is -2.20. The zero-order chi connectivity index (χ0) is 19.4. The van der Waals surface area contributed by atoms with E-state index in [9.17, 15) is 9.59 Å². The van der Waals surface area contributed by atoms with Crippen LogP contribution in [0.2, 0.25) is 5.02 Å². The first-order valence-electron chi connectivity index (χ1n) is 9.28.